The van der Waals surface area contributed by atoms with Crippen LogP contribution in [0.5, 0.6) is 0 Å². The van der Waals surface area contributed by atoms with Crippen molar-refractivity contribution in [2.45, 2.75) is 64.3 Å². The second-order valence-corrected chi connectivity index (χ2v) is 9.62. The summed E-state index contributed by atoms with van der Waals surface area (Å²) in [6.45, 7) is 4.32. The lowest BCUT2D eigenvalue weighted by Crippen LogP contribution is -2.69. The van der Waals surface area contributed by atoms with E-state index in [1.165, 1.54) is 18.7 Å². The fourth-order valence-electron chi connectivity index (χ4n) is 4.44. The first kappa shape index (κ1) is 32.2. The lowest BCUT2D eigenvalue weighted by atomic mass is 9.88. The number of aldehydes is 1. The Hall–Kier alpha value is -3.97. The number of aliphatic carboxylic acids is 1. The van der Waals surface area contributed by atoms with Gasteiger partial charge in [-0.25, -0.2) is 27.7 Å². The van der Waals surface area contributed by atoms with E-state index in [4.69, 9.17) is 0 Å². The molecule has 1 saturated heterocycles. The smallest absolute Gasteiger partial charge is 0.340 e. The van der Waals surface area contributed by atoms with E-state index in [1.54, 1.807) is 6.92 Å². The minimum absolute atomic E-state index is 0.0723. The quantitative estimate of drug-likeness (QED) is 0.151. The van der Waals surface area contributed by atoms with E-state index in [0.29, 0.717) is 31.6 Å². The molecule has 0 bridgehead atoms. The number of carbonyl (C=O) groups is 6. The van der Waals surface area contributed by atoms with E-state index in [0.717, 1.165) is 0 Å². The number of hydrogen-bond donors (Lipinski definition) is 3. The number of rotatable bonds is 12. The van der Waals surface area contributed by atoms with E-state index in [1.807, 2.05) is 0 Å². The van der Waals surface area contributed by atoms with Crippen LogP contribution in [0, 0.1) is 17.5 Å². The SMILES string of the molecule is CCCNC(=O)C(CC(=O)N1CCCC1)(C(=O)O)N(C(=O)NCCC=O)C(=O)c1cc(F)c(F)c(F)c1C(C)C. The molecule has 0 aromatic heterocycles. The zero-order chi connectivity index (χ0) is 30.2. The van der Waals surface area contributed by atoms with Gasteiger partial charge in [0, 0.05) is 43.7 Å². The summed E-state index contributed by atoms with van der Waals surface area (Å²) in [6, 6.07) is -1.21. The molecule has 1 aromatic rings. The third-order valence-corrected chi connectivity index (χ3v) is 6.46. The molecule has 0 spiro atoms. The van der Waals surface area contributed by atoms with Gasteiger partial charge in [-0.2, -0.15) is 0 Å². The number of carboxylic acids is 1. The summed E-state index contributed by atoms with van der Waals surface area (Å²) in [7, 11) is 0. The van der Waals surface area contributed by atoms with Crippen molar-refractivity contribution in [1.29, 1.82) is 0 Å². The average Bonchev–Trinajstić information content (AvgIpc) is 3.44. The molecule has 0 radical (unpaired) electrons. The van der Waals surface area contributed by atoms with Gasteiger partial charge in [0.2, 0.25) is 11.4 Å². The summed E-state index contributed by atoms with van der Waals surface area (Å²) < 4.78 is 43.4. The molecule has 1 unspecified atom stereocenters. The standard InChI is InChI=1S/C26H33F3N4O7/c1-4-8-30-23(37)26(24(38)39,14-18(35)32-10-5-6-11-32)33(25(40)31-9-7-12-34)22(36)16-13-17(27)20(28)21(29)19(16)15(2)3/h12-13,15H,4-11,14H2,1-3H3,(H,30,37)(H,31,40)(H,38,39). The van der Waals surface area contributed by atoms with Crippen LogP contribution in [-0.2, 0) is 19.2 Å². The van der Waals surface area contributed by atoms with Crippen molar-refractivity contribution >= 4 is 36.0 Å². The van der Waals surface area contributed by atoms with Crippen LogP contribution >= 0.6 is 0 Å². The molecule has 0 aliphatic carbocycles. The third kappa shape index (κ3) is 6.59. The van der Waals surface area contributed by atoms with Crippen LogP contribution < -0.4 is 10.6 Å². The topological polar surface area (TPSA) is 153 Å². The van der Waals surface area contributed by atoms with Crippen LogP contribution in [0.25, 0.3) is 0 Å². The van der Waals surface area contributed by atoms with Gasteiger partial charge in [-0.1, -0.05) is 20.8 Å². The lowest BCUT2D eigenvalue weighted by molar-refractivity contribution is -0.159. The molecule has 0 saturated carbocycles. The number of benzene rings is 1. The van der Waals surface area contributed by atoms with Crippen LogP contribution in [-0.4, -0.2) is 82.6 Å². The van der Waals surface area contributed by atoms with Crippen LogP contribution in [0.1, 0.15) is 74.7 Å². The zero-order valence-corrected chi connectivity index (χ0v) is 22.5. The third-order valence-electron chi connectivity index (χ3n) is 6.46. The lowest BCUT2D eigenvalue weighted by Gasteiger charge is -2.38. The fourth-order valence-corrected chi connectivity index (χ4v) is 4.44. The van der Waals surface area contributed by atoms with E-state index in [2.05, 4.69) is 10.6 Å². The number of nitrogens with one attached hydrogen (secondary N) is 2. The first-order valence-electron chi connectivity index (χ1n) is 12.9. The Bertz CT molecular complexity index is 1170. The van der Waals surface area contributed by atoms with Crippen LogP contribution in [0.2, 0.25) is 0 Å². The van der Waals surface area contributed by atoms with E-state index in [-0.39, 0.29) is 31.0 Å². The van der Waals surface area contributed by atoms with Crippen molar-refractivity contribution in [3.8, 4) is 0 Å². The summed E-state index contributed by atoms with van der Waals surface area (Å²) in [5, 5.41) is 14.9. The van der Waals surface area contributed by atoms with Crippen LogP contribution in [0.3, 0.4) is 0 Å². The van der Waals surface area contributed by atoms with Gasteiger partial charge in [0.25, 0.3) is 11.8 Å². The number of halogens is 3. The first-order valence-corrected chi connectivity index (χ1v) is 12.9. The van der Waals surface area contributed by atoms with E-state index in [9.17, 15) is 47.0 Å². The molecule has 40 heavy (non-hydrogen) atoms. The number of hydrogen-bond acceptors (Lipinski definition) is 6. The Morgan fingerprint density at radius 1 is 1.07 bits per heavy atom. The predicted octanol–water partition coefficient (Wildman–Crippen LogP) is 2.33. The molecular formula is C26H33F3N4O7. The monoisotopic (exact) mass is 570 g/mol. The molecule has 1 fully saturated rings. The Kier molecular flexibility index (Phi) is 11.2. The van der Waals surface area contributed by atoms with Crippen LogP contribution in [0.15, 0.2) is 6.07 Å². The maximum Gasteiger partial charge on any atom is 0.340 e. The summed E-state index contributed by atoms with van der Waals surface area (Å²) in [4.78, 5) is 79.1. The molecule has 2 rings (SSSR count). The molecule has 5 amide bonds. The Morgan fingerprint density at radius 2 is 1.70 bits per heavy atom. The average molecular weight is 571 g/mol. The van der Waals surface area contributed by atoms with Gasteiger partial charge < -0.3 is 25.4 Å². The maximum absolute atomic E-state index is 14.9. The molecule has 220 valence electrons. The number of imide groups is 1. The highest BCUT2D eigenvalue weighted by Crippen LogP contribution is 2.32. The fraction of sp³-hybridized carbons (Fsp3) is 0.538. The van der Waals surface area contributed by atoms with Crippen molar-refractivity contribution in [1.82, 2.24) is 20.4 Å². The molecule has 1 aliphatic rings. The minimum atomic E-state index is -3.22. The van der Waals surface area contributed by atoms with E-state index < -0.39 is 82.7 Å². The molecule has 14 heteroatoms. The molecule has 1 aliphatic heterocycles. The van der Waals surface area contributed by atoms with Gasteiger partial charge in [-0.05, 0) is 31.2 Å². The van der Waals surface area contributed by atoms with Crippen molar-refractivity contribution < 1.29 is 47.0 Å². The van der Waals surface area contributed by atoms with Crippen molar-refractivity contribution in [3.63, 3.8) is 0 Å². The summed E-state index contributed by atoms with van der Waals surface area (Å²) >= 11 is 0. The first-order chi connectivity index (χ1) is 18.8. The molecule has 1 heterocycles. The largest absolute Gasteiger partial charge is 0.479 e. The zero-order valence-electron chi connectivity index (χ0n) is 22.5. The second kappa shape index (κ2) is 13.9. The number of nitrogens with zero attached hydrogens (tertiary/aromatic N) is 2. The molecule has 1 atom stereocenters. The number of carboxylic acid groups (broad SMARTS) is 1. The van der Waals surface area contributed by atoms with Gasteiger partial charge >= 0.3 is 12.0 Å². The summed E-state index contributed by atoms with van der Waals surface area (Å²) in [5.41, 5.74) is -4.81. The molecule has 11 nitrogen and oxygen atoms in total. The van der Waals surface area contributed by atoms with Gasteiger partial charge in [0.15, 0.2) is 17.5 Å². The normalized spacial score (nSPS) is 14.4. The van der Waals surface area contributed by atoms with Gasteiger partial charge in [0.1, 0.15) is 6.29 Å². The molecule has 3 N–H and O–H groups in total. The maximum atomic E-state index is 14.9. The molecular weight excluding hydrogens is 537 g/mol. The van der Waals surface area contributed by atoms with Gasteiger partial charge in [-0.15, -0.1) is 0 Å². The van der Waals surface area contributed by atoms with Crippen molar-refractivity contribution in [3.05, 3.63) is 34.6 Å². The van der Waals surface area contributed by atoms with Gasteiger partial charge in [0.05, 0.1) is 6.42 Å². The Labute approximate surface area is 229 Å². The predicted molar refractivity (Wildman–Crippen MR) is 135 cm³/mol. The number of amides is 5. The highest BCUT2D eigenvalue weighted by Gasteiger charge is 2.58. The van der Waals surface area contributed by atoms with Crippen molar-refractivity contribution in [2.24, 2.45) is 0 Å². The number of urea groups is 1. The molecule has 1 aromatic carbocycles. The number of carbonyl (C=O) groups excluding carboxylic acids is 5. The Balaban J connectivity index is 2.86. The Morgan fingerprint density at radius 3 is 2.23 bits per heavy atom. The second-order valence-electron chi connectivity index (χ2n) is 9.62. The highest BCUT2D eigenvalue weighted by atomic mass is 19.2. The summed E-state index contributed by atoms with van der Waals surface area (Å²) in [5.74, 6) is -12.4. The van der Waals surface area contributed by atoms with E-state index >= 15 is 0 Å². The summed E-state index contributed by atoms with van der Waals surface area (Å²) in [6.07, 6.45) is 0.493. The van der Waals surface area contributed by atoms with Crippen LogP contribution in [0.4, 0.5) is 18.0 Å². The highest BCUT2D eigenvalue weighted by molar-refractivity contribution is 6.19. The van der Waals surface area contributed by atoms with Gasteiger partial charge in [-0.3, -0.25) is 14.4 Å². The minimum Gasteiger partial charge on any atom is -0.479 e. The number of likely N-dealkylation sites (tertiary alicyclic amines) is 1. The van der Waals surface area contributed by atoms with Crippen molar-refractivity contribution in [2.75, 3.05) is 26.2 Å².